The van der Waals surface area contributed by atoms with Crippen LogP contribution < -0.4 is 5.32 Å². The highest BCUT2D eigenvalue weighted by Crippen LogP contribution is 2.22. The summed E-state index contributed by atoms with van der Waals surface area (Å²) in [5.74, 6) is -0.922. The number of ether oxygens (including phenoxy) is 1. The Bertz CT molecular complexity index is 1100. The van der Waals surface area contributed by atoms with Gasteiger partial charge in [0, 0.05) is 20.2 Å². The first kappa shape index (κ1) is 30.5. The molecule has 0 aromatic heterocycles. The summed E-state index contributed by atoms with van der Waals surface area (Å²) < 4.78 is 5.19. The number of benzene rings is 2. The molecule has 1 saturated heterocycles. The van der Waals surface area contributed by atoms with Gasteiger partial charge in [0.25, 0.3) is 5.91 Å². The fraction of sp³-hybridized carbons (Fsp3) is 0.484. The second-order valence-electron chi connectivity index (χ2n) is 11.2. The third-order valence-corrected chi connectivity index (χ3v) is 6.85. The number of allylic oxidation sites excluding steroid dienone is 1. The number of carbonyl (C=O) groups excluding carboxylic acids is 2. The van der Waals surface area contributed by atoms with Crippen molar-refractivity contribution >= 4 is 11.8 Å². The molecule has 2 aromatic carbocycles. The topological polar surface area (TPSA) is 119 Å². The van der Waals surface area contributed by atoms with Crippen LogP contribution in [0.1, 0.15) is 45.6 Å². The van der Waals surface area contributed by atoms with E-state index in [0.717, 1.165) is 29.5 Å². The van der Waals surface area contributed by atoms with Crippen LogP contribution in [0.15, 0.2) is 66.7 Å². The van der Waals surface area contributed by atoms with Gasteiger partial charge < -0.3 is 30.3 Å². The number of rotatable bonds is 10. The van der Waals surface area contributed by atoms with Crippen molar-refractivity contribution in [3.05, 3.63) is 72.3 Å². The Hall–Kier alpha value is -3.04. The molecule has 1 aliphatic heterocycles. The molecular formula is C31H42N2O6. The third-order valence-electron chi connectivity index (χ3n) is 6.85. The van der Waals surface area contributed by atoms with E-state index in [4.69, 9.17) is 4.74 Å². The normalized spacial score (nSPS) is 19.8. The number of hydrogen-bond acceptors (Lipinski definition) is 6. The summed E-state index contributed by atoms with van der Waals surface area (Å²) in [5.41, 5.74) is 2.97. The molecule has 8 heteroatoms. The summed E-state index contributed by atoms with van der Waals surface area (Å²) in [6.07, 6.45) is -1.10. The molecule has 3 rings (SSSR count). The Balaban J connectivity index is 1.64. The second-order valence-corrected chi connectivity index (χ2v) is 11.2. The summed E-state index contributed by atoms with van der Waals surface area (Å²) in [6, 6.07) is 17.4. The molecule has 39 heavy (non-hydrogen) atoms. The minimum atomic E-state index is -1.70. The summed E-state index contributed by atoms with van der Waals surface area (Å²) in [7, 11) is 1.23. The van der Waals surface area contributed by atoms with Gasteiger partial charge in [0.05, 0.1) is 0 Å². The van der Waals surface area contributed by atoms with Gasteiger partial charge in [0.2, 0.25) is 5.91 Å². The molecule has 8 nitrogen and oxygen atoms in total. The number of likely N-dealkylation sites (tertiary alicyclic amines) is 1. The Morgan fingerprint density at radius 2 is 1.67 bits per heavy atom. The van der Waals surface area contributed by atoms with Gasteiger partial charge in [-0.05, 0) is 41.4 Å². The highest BCUT2D eigenvalue weighted by atomic mass is 16.5. The van der Waals surface area contributed by atoms with Crippen LogP contribution in [-0.2, 0) is 20.9 Å². The van der Waals surface area contributed by atoms with Crippen molar-refractivity contribution in [2.45, 2.75) is 77.0 Å². The summed E-state index contributed by atoms with van der Waals surface area (Å²) in [5, 5.41) is 34.1. The van der Waals surface area contributed by atoms with E-state index in [1.165, 1.54) is 13.2 Å². The second kappa shape index (κ2) is 13.8. The molecule has 0 bridgehead atoms. The van der Waals surface area contributed by atoms with Gasteiger partial charge in [-0.15, -0.1) is 0 Å². The van der Waals surface area contributed by atoms with Crippen molar-refractivity contribution in [2.24, 2.45) is 5.41 Å². The predicted octanol–water partition coefficient (Wildman–Crippen LogP) is 3.05. The van der Waals surface area contributed by atoms with Crippen molar-refractivity contribution in [2.75, 3.05) is 13.7 Å². The summed E-state index contributed by atoms with van der Waals surface area (Å²) in [6.45, 7) is 6.78. The van der Waals surface area contributed by atoms with Gasteiger partial charge in [-0.2, -0.15) is 0 Å². The van der Waals surface area contributed by atoms with E-state index >= 15 is 0 Å². The zero-order valence-corrected chi connectivity index (χ0v) is 23.3. The number of nitrogens with zero attached hydrogens (tertiary/aromatic N) is 1. The van der Waals surface area contributed by atoms with E-state index < -0.39 is 36.4 Å². The molecule has 0 aliphatic carbocycles. The molecular weight excluding hydrogens is 496 g/mol. The SMILES string of the molecule is CO[C@@H](C(=O)N[C@H]1CCCCN(Cc2ccc(-c3ccccc3)cc2)C1=O)[C@H](O)[C@@H](O)[C@H](O)C=CC(C)(C)C. The van der Waals surface area contributed by atoms with Gasteiger partial charge in [0.15, 0.2) is 6.10 Å². The fourth-order valence-electron chi connectivity index (χ4n) is 4.59. The average molecular weight is 539 g/mol. The zero-order valence-electron chi connectivity index (χ0n) is 23.3. The van der Waals surface area contributed by atoms with Gasteiger partial charge in [-0.3, -0.25) is 9.59 Å². The number of amides is 2. The first-order valence-electron chi connectivity index (χ1n) is 13.5. The van der Waals surface area contributed by atoms with Crippen LogP contribution in [0.25, 0.3) is 11.1 Å². The summed E-state index contributed by atoms with van der Waals surface area (Å²) in [4.78, 5) is 28.2. The smallest absolute Gasteiger partial charge is 0.252 e. The Kier molecular flexibility index (Phi) is 10.8. The van der Waals surface area contributed by atoms with Crippen molar-refractivity contribution in [3.8, 4) is 11.1 Å². The monoisotopic (exact) mass is 538 g/mol. The molecule has 1 fully saturated rings. The van der Waals surface area contributed by atoms with Gasteiger partial charge >= 0.3 is 0 Å². The lowest BCUT2D eigenvalue weighted by Gasteiger charge is -2.29. The predicted molar refractivity (Wildman–Crippen MR) is 150 cm³/mol. The Morgan fingerprint density at radius 3 is 2.28 bits per heavy atom. The number of hydrogen-bond donors (Lipinski definition) is 4. The van der Waals surface area contributed by atoms with Crippen LogP contribution in [0.2, 0.25) is 0 Å². The van der Waals surface area contributed by atoms with E-state index in [-0.39, 0.29) is 11.3 Å². The van der Waals surface area contributed by atoms with Gasteiger partial charge in [0.1, 0.15) is 24.4 Å². The van der Waals surface area contributed by atoms with E-state index in [1.54, 1.807) is 11.0 Å². The van der Waals surface area contributed by atoms with Gasteiger partial charge in [-0.25, -0.2) is 0 Å². The molecule has 1 heterocycles. The van der Waals surface area contributed by atoms with Gasteiger partial charge in [-0.1, -0.05) is 87.5 Å². The highest BCUT2D eigenvalue weighted by Gasteiger charge is 2.37. The molecule has 0 saturated carbocycles. The van der Waals surface area contributed by atoms with Crippen molar-refractivity contribution in [3.63, 3.8) is 0 Å². The maximum atomic E-state index is 13.4. The molecule has 0 radical (unpaired) electrons. The minimum Gasteiger partial charge on any atom is -0.387 e. The maximum Gasteiger partial charge on any atom is 0.252 e. The molecule has 2 amide bonds. The Morgan fingerprint density at radius 1 is 1.03 bits per heavy atom. The van der Waals surface area contributed by atoms with E-state index in [1.807, 2.05) is 75.4 Å². The Labute approximate surface area is 231 Å². The van der Waals surface area contributed by atoms with Crippen LogP contribution in [0.3, 0.4) is 0 Å². The van der Waals surface area contributed by atoms with E-state index in [0.29, 0.717) is 19.5 Å². The summed E-state index contributed by atoms with van der Waals surface area (Å²) >= 11 is 0. The number of aliphatic hydroxyl groups is 3. The lowest BCUT2D eigenvalue weighted by atomic mass is 9.94. The van der Waals surface area contributed by atoms with E-state index in [9.17, 15) is 24.9 Å². The fourth-order valence-corrected chi connectivity index (χ4v) is 4.59. The number of methoxy groups -OCH3 is 1. The zero-order chi connectivity index (χ0) is 28.6. The molecule has 0 spiro atoms. The van der Waals surface area contributed by atoms with Crippen LogP contribution >= 0.6 is 0 Å². The third kappa shape index (κ3) is 8.73. The number of aliphatic hydroxyl groups excluding tert-OH is 3. The molecule has 5 atom stereocenters. The molecule has 0 unspecified atom stereocenters. The van der Waals surface area contributed by atoms with Crippen molar-refractivity contribution in [1.29, 1.82) is 0 Å². The first-order valence-corrected chi connectivity index (χ1v) is 13.5. The number of carbonyl (C=O) groups is 2. The lowest BCUT2D eigenvalue weighted by molar-refractivity contribution is -0.151. The maximum absolute atomic E-state index is 13.4. The molecule has 1 aliphatic rings. The highest BCUT2D eigenvalue weighted by molar-refractivity contribution is 5.90. The standard InChI is InChI=1S/C31H42N2O6/c1-31(2,3)18-17-25(34)26(35)27(36)28(39-4)29(37)32-24-12-8-9-19-33(30(24)38)20-21-13-15-23(16-14-21)22-10-6-5-7-11-22/h5-7,10-11,13-18,24-28,34-36H,8-9,12,19-20H2,1-4H3,(H,32,37)/t24-,25+,26-,27+,28+/m0/s1. The van der Waals surface area contributed by atoms with Crippen LogP contribution in [0.5, 0.6) is 0 Å². The van der Waals surface area contributed by atoms with Crippen molar-refractivity contribution in [1.82, 2.24) is 10.2 Å². The first-order chi connectivity index (χ1) is 18.5. The molecule has 4 N–H and O–H groups in total. The lowest BCUT2D eigenvalue weighted by Crippen LogP contribution is -2.55. The number of nitrogens with one attached hydrogen (secondary N) is 1. The van der Waals surface area contributed by atoms with Crippen LogP contribution in [0, 0.1) is 5.41 Å². The largest absolute Gasteiger partial charge is 0.387 e. The van der Waals surface area contributed by atoms with E-state index in [2.05, 4.69) is 5.32 Å². The quantitative estimate of drug-likeness (QED) is 0.345. The van der Waals surface area contributed by atoms with Crippen LogP contribution in [0.4, 0.5) is 0 Å². The molecule has 2 aromatic rings. The van der Waals surface area contributed by atoms with Crippen molar-refractivity contribution < 1.29 is 29.6 Å². The average Bonchev–Trinajstić information content (AvgIpc) is 3.08. The van der Waals surface area contributed by atoms with Crippen LogP contribution in [-0.4, -0.2) is 76.1 Å². The minimum absolute atomic E-state index is 0.203. The molecule has 212 valence electrons.